The number of allylic oxidation sites excluding steroid dienone is 2. The Balaban J connectivity index is 1.56. The molecule has 4 heteroatoms. The predicted molar refractivity (Wildman–Crippen MR) is 83.3 cm³/mol. The average Bonchev–Trinajstić information content (AvgIpc) is 3.25. The van der Waals surface area contributed by atoms with Crippen molar-refractivity contribution in [2.24, 2.45) is 17.8 Å². The maximum atomic E-state index is 4.24. The molecule has 1 heterocycles. The lowest BCUT2D eigenvalue weighted by Crippen LogP contribution is -2.29. The third kappa shape index (κ3) is 2.24. The summed E-state index contributed by atoms with van der Waals surface area (Å²) in [5.41, 5.74) is 2.18. The summed E-state index contributed by atoms with van der Waals surface area (Å²) >= 11 is 0. The second-order valence-corrected chi connectivity index (χ2v) is 6.23. The molecule has 21 heavy (non-hydrogen) atoms. The second-order valence-electron chi connectivity index (χ2n) is 6.23. The van der Waals surface area contributed by atoms with Gasteiger partial charge in [0.2, 0.25) is 0 Å². The van der Waals surface area contributed by atoms with Crippen molar-refractivity contribution in [2.45, 2.75) is 25.8 Å². The molecule has 1 N–H and O–H groups in total. The van der Waals surface area contributed by atoms with Crippen LogP contribution in [0.2, 0.25) is 0 Å². The third-order valence-electron chi connectivity index (χ3n) is 4.93. The number of hydrogen-bond acceptors (Lipinski definition) is 3. The molecule has 2 aliphatic rings. The topological polar surface area (TPSA) is 42.7 Å². The highest BCUT2D eigenvalue weighted by molar-refractivity contribution is 5.61. The molecule has 4 nitrogen and oxygen atoms in total. The van der Waals surface area contributed by atoms with Gasteiger partial charge in [0.05, 0.1) is 11.4 Å². The first-order valence-corrected chi connectivity index (χ1v) is 7.70. The molecular formula is C17H20N4. The van der Waals surface area contributed by atoms with E-state index in [0.29, 0.717) is 6.04 Å². The quantitative estimate of drug-likeness (QED) is 0.874. The van der Waals surface area contributed by atoms with Crippen LogP contribution in [0.5, 0.6) is 0 Å². The normalized spacial score (nSPS) is 28.0. The number of nitrogens with zero attached hydrogens (tertiary/aromatic N) is 3. The fourth-order valence-electron chi connectivity index (χ4n) is 3.88. The minimum Gasteiger partial charge on any atom is -0.381 e. The van der Waals surface area contributed by atoms with E-state index >= 15 is 0 Å². The van der Waals surface area contributed by atoms with E-state index in [1.54, 1.807) is 12.7 Å². The van der Waals surface area contributed by atoms with Crippen LogP contribution in [0, 0.1) is 17.8 Å². The highest BCUT2D eigenvalue weighted by Gasteiger charge is 2.38. The SMILES string of the molecule is CC(Nc1ccccc1-n1cncn1)C1CC2C=CC1C2. The number of aromatic nitrogens is 3. The van der Waals surface area contributed by atoms with E-state index in [0.717, 1.165) is 29.1 Å². The van der Waals surface area contributed by atoms with Gasteiger partial charge < -0.3 is 5.32 Å². The monoisotopic (exact) mass is 280 g/mol. The van der Waals surface area contributed by atoms with Crippen molar-refractivity contribution in [3.05, 3.63) is 49.1 Å². The van der Waals surface area contributed by atoms with Crippen LogP contribution in [0.4, 0.5) is 5.69 Å². The van der Waals surface area contributed by atoms with E-state index in [-0.39, 0.29) is 0 Å². The zero-order valence-corrected chi connectivity index (χ0v) is 12.2. The molecule has 4 rings (SSSR count). The average molecular weight is 280 g/mol. The van der Waals surface area contributed by atoms with Gasteiger partial charge in [-0.2, -0.15) is 5.10 Å². The van der Waals surface area contributed by atoms with E-state index < -0.39 is 0 Å². The number of para-hydroxylation sites is 2. The summed E-state index contributed by atoms with van der Waals surface area (Å²) in [4.78, 5) is 4.04. The van der Waals surface area contributed by atoms with Gasteiger partial charge in [-0.15, -0.1) is 0 Å². The first-order valence-electron chi connectivity index (χ1n) is 7.70. The van der Waals surface area contributed by atoms with Crippen LogP contribution in [0.3, 0.4) is 0 Å². The van der Waals surface area contributed by atoms with E-state index in [9.17, 15) is 0 Å². The summed E-state index contributed by atoms with van der Waals surface area (Å²) in [6, 6.07) is 8.76. The van der Waals surface area contributed by atoms with Crippen LogP contribution in [0.15, 0.2) is 49.1 Å². The lowest BCUT2D eigenvalue weighted by molar-refractivity contribution is 0.400. The molecule has 0 radical (unpaired) electrons. The maximum Gasteiger partial charge on any atom is 0.138 e. The molecule has 0 amide bonds. The number of anilines is 1. The van der Waals surface area contributed by atoms with Crippen LogP contribution in [-0.2, 0) is 0 Å². The van der Waals surface area contributed by atoms with E-state index in [4.69, 9.17) is 0 Å². The van der Waals surface area contributed by atoms with Crippen molar-refractivity contribution in [3.8, 4) is 5.69 Å². The summed E-state index contributed by atoms with van der Waals surface area (Å²) in [5, 5.41) is 7.95. The molecule has 0 aliphatic heterocycles. The van der Waals surface area contributed by atoms with Crippen molar-refractivity contribution < 1.29 is 0 Å². The molecule has 1 fully saturated rings. The highest BCUT2D eigenvalue weighted by Crippen LogP contribution is 2.45. The zero-order valence-electron chi connectivity index (χ0n) is 12.2. The van der Waals surface area contributed by atoms with Crippen molar-refractivity contribution in [3.63, 3.8) is 0 Å². The second kappa shape index (κ2) is 5.02. The third-order valence-corrected chi connectivity index (χ3v) is 4.93. The molecule has 108 valence electrons. The van der Waals surface area contributed by atoms with E-state index in [1.807, 2.05) is 10.7 Å². The Morgan fingerprint density at radius 3 is 2.86 bits per heavy atom. The lowest BCUT2D eigenvalue weighted by Gasteiger charge is -2.27. The minimum atomic E-state index is 0.467. The largest absolute Gasteiger partial charge is 0.381 e. The van der Waals surface area contributed by atoms with Gasteiger partial charge in [0.15, 0.2) is 0 Å². The molecule has 1 saturated carbocycles. The molecule has 4 atom stereocenters. The fourth-order valence-corrected chi connectivity index (χ4v) is 3.88. The van der Waals surface area contributed by atoms with Crippen molar-refractivity contribution >= 4 is 5.69 Å². The minimum absolute atomic E-state index is 0.467. The van der Waals surface area contributed by atoms with Gasteiger partial charge in [0.25, 0.3) is 0 Å². The van der Waals surface area contributed by atoms with Gasteiger partial charge in [-0.3, -0.25) is 0 Å². The Kier molecular flexibility index (Phi) is 3.02. The Bertz CT molecular complexity index is 647. The molecule has 4 unspecified atom stereocenters. The Morgan fingerprint density at radius 1 is 1.24 bits per heavy atom. The van der Waals surface area contributed by atoms with E-state index in [1.165, 1.54) is 12.8 Å². The number of hydrogen-bond donors (Lipinski definition) is 1. The van der Waals surface area contributed by atoms with Gasteiger partial charge in [0, 0.05) is 6.04 Å². The van der Waals surface area contributed by atoms with Crippen LogP contribution < -0.4 is 5.32 Å². The molecule has 0 saturated heterocycles. The molecule has 2 aliphatic carbocycles. The Labute approximate surface area is 124 Å². The molecule has 1 aromatic carbocycles. The van der Waals surface area contributed by atoms with Gasteiger partial charge in [-0.25, -0.2) is 9.67 Å². The molecule has 0 spiro atoms. The molecule has 1 aromatic heterocycles. The highest BCUT2D eigenvalue weighted by atomic mass is 15.3. The van der Waals surface area contributed by atoms with Crippen molar-refractivity contribution in [2.75, 3.05) is 5.32 Å². The first kappa shape index (κ1) is 12.6. The van der Waals surface area contributed by atoms with Crippen LogP contribution in [0.1, 0.15) is 19.8 Å². The van der Waals surface area contributed by atoms with Crippen LogP contribution in [0.25, 0.3) is 5.69 Å². The molecular weight excluding hydrogens is 260 g/mol. The Hall–Kier alpha value is -2.10. The fraction of sp³-hybridized carbons (Fsp3) is 0.412. The predicted octanol–water partition coefficient (Wildman–Crippen LogP) is 3.28. The number of nitrogens with one attached hydrogen (secondary N) is 1. The smallest absolute Gasteiger partial charge is 0.138 e. The summed E-state index contributed by atoms with van der Waals surface area (Å²) < 4.78 is 1.82. The zero-order chi connectivity index (χ0) is 14.2. The standard InChI is InChI=1S/C17H20N4/c1-12(15-9-13-6-7-14(15)8-13)20-16-4-2-3-5-17(16)21-11-18-10-19-21/h2-7,10-15,20H,8-9H2,1H3. The van der Waals surface area contributed by atoms with Crippen molar-refractivity contribution in [1.29, 1.82) is 0 Å². The summed E-state index contributed by atoms with van der Waals surface area (Å²) in [5.74, 6) is 2.31. The Morgan fingerprint density at radius 2 is 2.14 bits per heavy atom. The summed E-state index contributed by atoms with van der Waals surface area (Å²) in [7, 11) is 0. The van der Waals surface area contributed by atoms with Crippen molar-refractivity contribution in [1.82, 2.24) is 14.8 Å². The van der Waals surface area contributed by atoms with E-state index in [2.05, 4.69) is 52.7 Å². The van der Waals surface area contributed by atoms with Crippen LogP contribution >= 0.6 is 0 Å². The molecule has 2 bridgehead atoms. The van der Waals surface area contributed by atoms with Gasteiger partial charge in [-0.1, -0.05) is 24.3 Å². The van der Waals surface area contributed by atoms with Gasteiger partial charge >= 0.3 is 0 Å². The lowest BCUT2D eigenvalue weighted by atomic mass is 9.87. The van der Waals surface area contributed by atoms with Crippen LogP contribution in [-0.4, -0.2) is 20.8 Å². The van der Waals surface area contributed by atoms with Gasteiger partial charge in [0.1, 0.15) is 12.7 Å². The molecule has 2 aromatic rings. The number of benzene rings is 1. The summed E-state index contributed by atoms with van der Waals surface area (Å²) in [6.45, 7) is 2.30. The number of rotatable bonds is 4. The maximum absolute atomic E-state index is 4.24. The summed E-state index contributed by atoms with van der Waals surface area (Å²) in [6.07, 6.45) is 10.8. The number of fused-ring (bicyclic) bond motifs is 2. The van der Waals surface area contributed by atoms with Gasteiger partial charge in [-0.05, 0) is 49.7 Å². The first-order chi connectivity index (χ1) is 10.3.